The minimum Gasteiger partial charge on any atom is -0.375 e. The summed E-state index contributed by atoms with van der Waals surface area (Å²) in [7, 11) is 1.94. The summed E-state index contributed by atoms with van der Waals surface area (Å²) in [5.41, 5.74) is 3.70. The summed E-state index contributed by atoms with van der Waals surface area (Å²) in [6, 6.07) is 4.37. The monoisotopic (exact) mass is 415 g/mol. The van der Waals surface area contributed by atoms with Crippen LogP contribution in [-0.4, -0.2) is 47.9 Å². The van der Waals surface area contributed by atoms with Gasteiger partial charge in [0.1, 0.15) is 0 Å². The number of aromatic nitrogens is 1. The SMILES string of the molecule is CCCC(CCC[C@@]1(C(C)(C)OCC)CCN(C(C)(C)c2ccc(C)nc2)C1)=NC. The zero-order valence-electron chi connectivity index (χ0n) is 20.8. The maximum absolute atomic E-state index is 6.36. The minimum atomic E-state index is -0.146. The number of pyridine rings is 1. The van der Waals surface area contributed by atoms with Gasteiger partial charge in [-0.25, -0.2) is 0 Å². The molecule has 0 aliphatic carbocycles. The quantitative estimate of drug-likeness (QED) is 0.405. The highest BCUT2D eigenvalue weighted by Crippen LogP contribution is 2.49. The molecule has 0 unspecified atom stereocenters. The molecule has 1 saturated heterocycles. The normalized spacial score (nSPS) is 21.4. The number of aliphatic imine (C=N–C) groups is 1. The zero-order chi connectivity index (χ0) is 22.4. The zero-order valence-corrected chi connectivity index (χ0v) is 20.8. The number of hydrogen-bond donors (Lipinski definition) is 0. The molecule has 2 rings (SSSR count). The van der Waals surface area contributed by atoms with E-state index in [0.29, 0.717) is 0 Å². The van der Waals surface area contributed by atoms with Gasteiger partial charge in [0.2, 0.25) is 0 Å². The molecule has 30 heavy (non-hydrogen) atoms. The topological polar surface area (TPSA) is 37.7 Å². The summed E-state index contributed by atoms with van der Waals surface area (Å²) in [5, 5.41) is 0. The maximum atomic E-state index is 6.36. The lowest BCUT2D eigenvalue weighted by Gasteiger charge is -2.46. The van der Waals surface area contributed by atoms with Crippen molar-refractivity contribution in [1.29, 1.82) is 0 Å². The van der Waals surface area contributed by atoms with E-state index in [1.807, 2.05) is 7.05 Å². The van der Waals surface area contributed by atoms with E-state index in [2.05, 4.69) is 81.7 Å². The van der Waals surface area contributed by atoms with Crippen LogP contribution in [0.15, 0.2) is 23.3 Å². The van der Waals surface area contributed by atoms with Crippen LogP contribution in [-0.2, 0) is 10.3 Å². The first-order valence-electron chi connectivity index (χ1n) is 11.9. The Bertz CT molecular complexity index is 693. The van der Waals surface area contributed by atoms with Crippen molar-refractivity contribution in [3.63, 3.8) is 0 Å². The van der Waals surface area contributed by atoms with E-state index in [-0.39, 0.29) is 16.6 Å². The Balaban J connectivity index is 2.21. The molecule has 1 aliphatic rings. The van der Waals surface area contributed by atoms with E-state index in [9.17, 15) is 0 Å². The van der Waals surface area contributed by atoms with Crippen LogP contribution in [0.25, 0.3) is 0 Å². The average molecular weight is 416 g/mol. The van der Waals surface area contributed by atoms with Crippen molar-refractivity contribution in [3.8, 4) is 0 Å². The average Bonchev–Trinajstić information content (AvgIpc) is 3.15. The third kappa shape index (κ3) is 5.50. The Labute approximate surface area is 185 Å². The Morgan fingerprint density at radius 3 is 2.50 bits per heavy atom. The standard InChI is InChI=1S/C26H45N3O/c1-9-12-23(27-8)13-11-16-26(25(6,7)30-10-2)17-18-29(20-26)24(4,5)22-15-14-21(3)28-19-22/h14-15,19H,9-13,16-18,20H2,1-8H3/t26-/m1/s1. The Morgan fingerprint density at radius 2 is 1.93 bits per heavy atom. The molecule has 0 radical (unpaired) electrons. The van der Waals surface area contributed by atoms with Crippen molar-refractivity contribution < 1.29 is 4.74 Å². The van der Waals surface area contributed by atoms with Crippen LogP contribution in [0.3, 0.4) is 0 Å². The second-order valence-corrected chi connectivity index (χ2v) is 10.0. The molecule has 0 saturated carbocycles. The molecule has 4 heteroatoms. The summed E-state index contributed by atoms with van der Waals surface area (Å²) >= 11 is 0. The van der Waals surface area contributed by atoms with E-state index in [4.69, 9.17) is 4.74 Å². The van der Waals surface area contributed by atoms with Crippen LogP contribution >= 0.6 is 0 Å². The van der Waals surface area contributed by atoms with Gasteiger partial charge in [0.15, 0.2) is 0 Å². The van der Waals surface area contributed by atoms with Crippen LogP contribution in [0, 0.1) is 12.3 Å². The molecule has 0 amide bonds. The van der Waals surface area contributed by atoms with Gasteiger partial charge in [0.25, 0.3) is 0 Å². The molecule has 1 aromatic rings. The van der Waals surface area contributed by atoms with E-state index < -0.39 is 0 Å². The predicted molar refractivity (Wildman–Crippen MR) is 128 cm³/mol. The van der Waals surface area contributed by atoms with Crippen LogP contribution < -0.4 is 0 Å². The fraction of sp³-hybridized carbons (Fsp3) is 0.769. The van der Waals surface area contributed by atoms with Gasteiger partial charge in [-0.05, 0) is 91.8 Å². The van der Waals surface area contributed by atoms with Crippen molar-refractivity contribution in [2.24, 2.45) is 10.4 Å². The minimum absolute atomic E-state index is 0.0387. The summed E-state index contributed by atoms with van der Waals surface area (Å²) in [6.07, 6.45) is 9.00. The number of rotatable bonds is 11. The van der Waals surface area contributed by atoms with E-state index in [1.165, 1.54) is 37.0 Å². The third-order valence-electron chi connectivity index (χ3n) is 7.52. The number of hydrogen-bond acceptors (Lipinski definition) is 4. The van der Waals surface area contributed by atoms with Gasteiger partial charge in [-0.2, -0.15) is 0 Å². The van der Waals surface area contributed by atoms with Gasteiger partial charge >= 0.3 is 0 Å². The van der Waals surface area contributed by atoms with Gasteiger partial charge in [-0.15, -0.1) is 0 Å². The number of likely N-dealkylation sites (tertiary alicyclic amines) is 1. The molecule has 0 bridgehead atoms. The van der Waals surface area contributed by atoms with Crippen molar-refractivity contribution in [1.82, 2.24) is 9.88 Å². The largest absolute Gasteiger partial charge is 0.375 e. The van der Waals surface area contributed by atoms with Gasteiger partial charge in [0, 0.05) is 48.8 Å². The van der Waals surface area contributed by atoms with Gasteiger partial charge in [0.05, 0.1) is 5.60 Å². The Kier molecular flexibility index (Phi) is 8.64. The Hall–Kier alpha value is -1.26. The maximum Gasteiger partial charge on any atom is 0.0695 e. The third-order valence-corrected chi connectivity index (χ3v) is 7.52. The number of ether oxygens (including phenoxy) is 1. The summed E-state index contributed by atoms with van der Waals surface area (Å²) in [5.74, 6) is 0. The van der Waals surface area contributed by atoms with Crippen molar-refractivity contribution in [3.05, 3.63) is 29.6 Å². The molecule has 1 aliphatic heterocycles. The number of aryl methyl sites for hydroxylation is 1. The highest BCUT2D eigenvalue weighted by molar-refractivity contribution is 5.84. The molecule has 1 fully saturated rings. The van der Waals surface area contributed by atoms with Crippen molar-refractivity contribution in [2.75, 3.05) is 26.7 Å². The smallest absolute Gasteiger partial charge is 0.0695 e. The van der Waals surface area contributed by atoms with Crippen LogP contribution in [0.5, 0.6) is 0 Å². The van der Waals surface area contributed by atoms with Gasteiger partial charge in [-0.1, -0.05) is 19.4 Å². The molecular formula is C26H45N3O. The highest BCUT2D eigenvalue weighted by atomic mass is 16.5. The lowest BCUT2D eigenvalue weighted by Crippen LogP contribution is -2.50. The van der Waals surface area contributed by atoms with E-state index in [1.54, 1.807) is 0 Å². The fourth-order valence-electron chi connectivity index (χ4n) is 5.14. The predicted octanol–water partition coefficient (Wildman–Crippen LogP) is 6.17. The van der Waals surface area contributed by atoms with Crippen LogP contribution in [0.1, 0.15) is 91.3 Å². The molecular weight excluding hydrogens is 370 g/mol. The molecule has 0 aromatic carbocycles. The van der Waals surface area contributed by atoms with Crippen molar-refractivity contribution in [2.45, 2.75) is 98.1 Å². The van der Waals surface area contributed by atoms with Crippen LogP contribution in [0.4, 0.5) is 0 Å². The van der Waals surface area contributed by atoms with Crippen LogP contribution in [0.2, 0.25) is 0 Å². The lowest BCUT2D eigenvalue weighted by molar-refractivity contribution is -0.110. The summed E-state index contributed by atoms with van der Waals surface area (Å²) < 4.78 is 6.36. The van der Waals surface area contributed by atoms with Gasteiger partial charge < -0.3 is 4.74 Å². The second kappa shape index (κ2) is 10.4. The Morgan fingerprint density at radius 1 is 1.20 bits per heavy atom. The highest BCUT2D eigenvalue weighted by Gasteiger charge is 2.52. The molecule has 1 aromatic heterocycles. The summed E-state index contributed by atoms with van der Waals surface area (Å²) in [6.45, 7) is 18.6. The van der Waals surface area contributed by atoms with E-state index in [0.717, 1.165) is 38.2 Å². The molecule has 170 valence electrons. The van der Waals surface area contributed by atoms with Gasteiger partial charge in [-0.3, -0.25) is 14.9 Å². The number of nitrogens with zero attached hydrogens (tertiary/aromatic N) is 3. The fourth-order valence-corrected chi connectivity index (χ4v) is 5.14. The van der Waals surface area contributed by atoms with E-state index >= 15 is 0 Å². The first-order chi connectivity index (χ1) is 14.1. The molecule has 4 nitrogen and oxygen atoms in total. The molecule has 0 spiro atoms. The molecule has 0 N–H and O–H groups in total. The second-order valence-electron chi connectivity index (χ2n) is 10.0. The first-order valence-corrected chi connectivity index (χ1v) is 11.9. The first kappa shape index (κ1) is 25.0. The summed E-state index contributed by atoms with van der Waals surface area (Å²) in [4.78, 5) is 11.7. The molecule has 2 heterocycles. The molecule has 1 atom stereocenters. The lowest BCUT2D eigenvalue weighted by atomic mass is 9.69. The van der Waals surface area contributed by atoms with Crippen molar-refractivity contribution >= 4 is 5.71 Å².